The number of hydrogen-bond acceptors (Lipinski definition) is 5. The topological polar surface area (TPSA) is 76.2 Å². The van der Waals surface area contributed by atoms with Crippen LogP contribution in [-0.4, -0.2) is 62.4 Å². The van der Waals surface area contributed by atoms with E-state index in [0.717, 1.165) is 6.07 Å². The van der Waals surface area contributed by atoms with Crippen molar-refractivity contribution in [2.45, 2.75) is 11.0 Å². The standard InChI is InChI=1S/C19H19FN2O5S/c20-14-5-1-4-8-18(14)28(24,25)22-11-9-21(10-12-22)19(23)17-13-26-15-6-2-3-7-16(15)27-17/h1-8,17H,9-13H2. The number of hydrogen-bond donors (Lipinski definition) is 0. The Morgan fingerprint density at radius 2 is 1.61 bits per heavy atom. The summed E-state index contributed by atoms with van der Waals surface area (Å²) in [5, 5.41) is 0. The molecule has 2 aliphatic rings. The molecule has 28 heavy (non-hydrogen) atoms. The van der Waals surface area contributed by atoms with Crippen LogP contribution in [0.5, 0.6) is 11.5 Å². The highest BCUT2D eigenvalue weighted by Gasteiger charge is 2.36. The minimum absolute atomic E-state index is 0.0899. The van der Waals surface area contributed by atoms with Crippen molar-refractivity contribution in [2.75, 3.05) is 32.8 Å². The van der Waals surface area contributed by atoms with E-state index in [-0.39, 0.29) is 43.6 Å². The fourth-order valence-electron chi connectivity index (χ4n) is 3.29. The molecule has 2 heterocycles. The predicted octanol–water partition coefficient (Wildman–Crippen LogP) is 1.50. The first kappa shape index (κ1) is 18.7. The van der Waals surface area contributed by atoms with Crippen LogP contribution >= 0.6 is 0 Å². The van der Waals surface area contributed by atoms with Crippen LogP contribution in [-0.2, 0) is 14.8 Å². The van der Waals surface area contributed by atoms with E-state index in [1.165, 1.54) is 22.5 Å². The molecule has 1 unspecified atom stereocenters. The maximum Gasteiger partial charge on any atom is 0.267 e. The third-order valence-corrected chi connectivity index (χ3v) is 6.72. The lowest BCUT2D eigenvalue weighted by Gasteiger charge is -2.36. The zero-order valence-electron chi connectivity index (χ0n) is 15.0. The smallest absolute Gasteiger partial charge is 0.267 e. The Bertz CT molecular complexity index is 989. The Kier molecular flexibility index (Phi) is 4.94. The Balaban J connectivity index is 1.41. The normalized spacial score (nSPS) is 20.0. The summed E-state index contributed by atoms with van der Waals surface area (Å²) < 4.78 is 51.7. The molecule has 2 aromatic carbocycles. The number of carbonyl (C=O) groups is 1. The van der Waals surface area contributed by atoms with E-state index >= 15 is 0 Å². The zero-order chi connectivity index (χ0) is 19.7. The van der Waals surface area contributed by atoms with Gasteiger partial charge >= 0.3 is 0 Å². The number of rotatable bonds is 3. The van der Waals surface area contributed by atoms with Crippen molar-refractivity contribution in [2.24, 2.45) is 0 Å². The van der Waals surface area contributed by atoms with Crippen LogP contribution in [0.15, 0.2) is 53.4 Å². The summed E-state index contributed by atoms with van der Waals surface area (Å²) in [4.78, 5) is 13.9. The summed E-state index contributed by atoms with van der Waals surface area (Å²) >= 11 is 0. The van der Waals surface area contributed by atoms with Crippen LogP contribution in [0.25, 0.3) is 0 Å². The molecule has 1 amide bonds. The molecular formula is C19H19FN2O5S. The zero-order valence-corrected chi connectivity index (χ0v) is 15.8. The lowest BCUT2D eigenvalue weighted by Crippen LogP contribution is -2.55. The van der Waals surface area contributed by atoms with E-state index in [0.29, 0.717) is 11.5 Å². The fraction of sp³-hybridized carbons (Fsp3) is 0.316. The number of benzene rings is 2. The first-order valence-electron chi connectivity index (χ1n) is 8.89. The van der Waals surface area contributed by atoms with Crippen LogP contribution in [0.3, 0.4) is 0 Å². The number of piperazine rings is 1. The van der Waals surface area contributed by atoms with Crippen molar-refractivity contribution >= 4 is 15.9 Å². The first-order chi connectivity index (χ1) is 13.5. The van der Waals surface area contributed by atoms with Gasteiger partial charge in [-0.2, -0.15) is 4.31 Å². The molecule has 2 aromatic rings. The number of nitrogens with zero attached hydrogens (tertiary/aromatic N) is 2. The molecule has 7 nitrogen and oxygen atoms in total. The lowest BCUT2D eigenvalue weighted by molar-refractivity contribution is -0.142. The Morgan fingerprint density at radius 3 is 2.32 bits per heavy atom. The van der Waals surface area contributed by atoms with Crippen molar-refractivity contribution in [3.05, 3.63) is 54.3 Å². The second kappa shape index (κ2) is 7.40. The van der Waals surface area contributed by atoms with Crippen LogP contribution in [0.4, 0.5) is 4.39 Å². The third-order valence-electron chi connectivity index (χ3n) is 4.79. The number of sulfonamides is 1. The van der Waals surface area contributed by atoms with E-state index in [1.807, 2.05) is 6.07 Å². The molecular weight excluding hydrogens is 387 g/mol. The quantitative estimate of drug-likeness (QED) is 0.772. The van der Waals surface area contributed by atoms with E-state index in [1.54, 1.807) is 23.1 Å². The molecule has 148 valence electrons. The molecule has 0 saturated carbocycles. The highest BCUT2D eigenvalue weighted by molar-refractivity contribution is 7.89. The van der Waals surface area contributed by atoms with Gasteiger partial charge in [-0.05, 0) is 24.3 Å². The number of para-hydroxylation sites is 2. The van der Waals surface area contributed by atoms with Crippen LogP contribution in [0, 0.1) is 5.82 Å². The van der Waals surface area contributed by atoms with Gasteiger partial charge in [-0.15, -0.1) is 0 Å². The SMILES string of the molecule is O=C(C1COc2ccccc2O1)N1CCN(S(=O)(=O)c2ccccc2F)CC1. The van der Waals surface area contributed by atoms with Gasteiger partial charge in [0.2, 0.25) is 16.1 Å². The fourth-order valence-corrected chi connectivity index (χ4v) is 4.77. The van der Waals surface area contributed by atoms with E-state index in [4.69, 9.17) is 9.47 Å². The summed E-state index contributed by atoms with van der Waals surface area (Å²) in [5.74, 6) is 0.0603. The second-order valence-corrected chi connectivity index (χ2v) is 8.43. The van der Waals surface area contributed by atoms with Gasteiger partial charge in [0.1, 0.15) is 17.3 Å². The Labute approximate surface area is 162 Å². The highest BCUT2D eigenvalue weighted by atomic mass is 32.2. The minimum Gasteiger partial charge on any atom is -0.485 e. The summed E-state index contributed by atoms with van der Waals surface area (Å²) in [6.45, 7) is 0.685. The van der Waals surface area contributed by atoms with Crippen LogP contribution in [0.2, 0.25) is 0 Å². The third kappa shape index (κ3) is 3.43. The Hall–Kier alpha value is -2.65. The Morgan fingerprint density at radius 1 is 0.964 bits per heavy atom. The molecule has 0 N–H and O–H groups in total. The number of fused-ring (bicyclic) bond motifs is 1. The van der Waals surface area contributed by atoms with E-state index in [9.17, 15) is 17.6 Å². The molecule has 0 bridgehead atoms. The van der Waals surface area contributed by atoms with Crippen molar-refractivity contribution in [1.29, 1.82) is 0 Å². The molecule has 4 rings (SSSR count). The number of carbonyl (C=O) groups excluding carboxylic acids is 1. The first-order valence-corrected chi connectivity index (χ1v) is 10.3. The summed E-state index contributed by atoms with van der Waals surface area (Å²) in [5.41, 5.74) is 0. The number of halogens is 1. The maximum atomic E-state index is 13.9. The molecule has 1 fully saturated rings. The van der Waals surface area contributed by atoms with Gasteiger partial charge in [0.05, 0.1) is 0 Å². The van der Waals surface area contributed by atoms with Gasteiger partial charge in [-0.25, -0.2) is 12.8 Å². The van der Waals surface area contributed by atoms with E-state index in [2.05, 4.69) is 0 Å². The summed E-state index contributed by atoms with van der Waals surface area (Å²) in [7, 11) is -3.94. The minimum atomic E-state index is -3.94. The van der Waals surface area contributed by atoms with Crippen LogP contribution in [0.1, 0.15) is 0 Å². The van der Waals surface area contributed by atoms with E-state index < -0.39 is 21.9 Å². The average Bonchev–Trinajstić information content (AvgIpc) is 2.73. The lowest BCUT2D eigenvalue weighted by atomic mass is 10.2. The van der Waals surface area contributed by atoms with Gasteiger partial charge in [-0.3, -0.25) is 4.79 Å². The largest absolute Gasteiger partial charge is 0.485 e. The number of amides is 1. The van der Waals surface area contributed by atoms with Gasteiger partial charge in [-0.1, -0.05) is 24.3 Å². The molecule has 1 atom stereocenters. The predicted molar refractivity (Wildman–Crippen MR) is 98.1 cm³/mol. The molecule has 1 saturated heterocycles. The van der Waals surface area contributed by atoms with Crippen molar-refractivity contribution in [3.63, 3.8) is 0 Å². The molecule has 0 spiro atoms. The summed E-state index contributed by atoms with van der Waals surface area (Å²) in [6, 6.07) is 12.4. The maximum absolute atomic E-state index is 13.9. The number of ether oxygens (including phenoxy) is 2. The highest BCUT2D eigenvalue weighted by Crippen LogP contribution is 2.31. The van der Waals surface area contributed by atoms with Crippen LogP contribution < -0.4 is 9.47 Å². The molecule has 2 aliphatic heterocycles. The van der Waals surface area contributed by atoms with Gasteiger partial charge in [0.15, 0.2) is 11.5 Å². The van der Waals surface area contributed by atoms with Gasteiger partial charge in [0.25, 0.3) is 5.91 Å². The molecule has 9 heteroatoms. The van der Waals surface area contributed by atoms with Crippen molar-refractivity contribution in [1.82, 2.24) is 9.21 Å². The average molecular weight is 406 g/mol. The summed E-state index contributed by atoms with van der Waals surface area (Å²) in [6.07, 6.45) is -0.773. The second-order valence-electron chi connectivity index (χ2n) is 6.52. The van der Waals surface area contributed by atoms with Crippen molar-refractivity contribution in [3.8, 4) is 11.5 Å². The van der Waals surface area contributed by atoms with Crippen molar-refractivity contribution < 1.29 is 27.1 Å². The monoisotopic (exact) mass is 406 g/mol. The molecule has 0 radical (unpaired) electrons. The van der Waals surface area contributed by atoms with Gasteiger partial charge in [0, 0.05) is 26.2 Å². The molecule has 0 aliphatic carbocycles. The van der Waals surface area contributed by atoms with Gasteiger partial charge < -0.3 is 14.4 Å². The molecule has 0 aromatic heterocycles.